The van der Waals surface area contributed by atoms with Crippen molar-refractivity contribution < 1.29 is 0 Å². The number of hydrogen-bond acceptors (Lipinski definition) is 5. The van der Waals surface area contributed by atoms with Crippen LogP contribution in [0.1, 0.15) is 44.2 Å². The van der Waals surface area contributed by atoms with Gasteiger partial charge in [0.1, 0.15) is 0 Å². The maximum atomic E-state index is 4.90. The molecular formula is C16H28N4S. The van der Waals surface area contributed by atoms with E-state index in [1.54, 1.807) is 0 Å². The van der Waals surface area contributed by atoms with Crippen LogP contribution in [0.5, 0.6) is 0 Å². The van der Waals surface area contributed by atoms with Gasteiger partial charge in [0.2, 0.25) is 0 Å². The molecule has 0 spiro atoms. The topological polar surface area (TPSA) is 31.4 Å². The van der Waals surface area contributed by atoms with Gasteiger partial charge < -0.3 is 10.2 Å². The van der Waals surface area contributed by atoms with Gasteiger partial charge in [-0.15, -0.1) is 11.3 Å². The zero-order valence-corrected chi connectivity index (χ0v) is 14.4. The molecule has 1 N–H and O–H groups in total. The second kappa shape index (κ2) is 6.63. The summed E-state index contributed by atoms with van der Waals surface area (Å²) < 4.78 is 0. The number of thiazole rings is 1. The Kier molecular flexibility index (Phi) is 4.82. The van der Waals surface area contributed by atoms with Gasteiger partial charge in [0, 0.05) is 49.7 Å². The van der Waals surface area contributed by atoms with Crippen molar-refractivity contribution in [2.45, 2.75) is 58.7 Å². The first-order chi connectivity index (χ1) is 10.2. The van der Waals surface area contributed by atoms with Gasteiger partial charge in [-0.2, -0.15) is 0 Å². The van der Waals surface area contributed by atoms with Crippen molar-refractivity contribution in [1.29, 1.82) is 0 Å². The summed E-state index contributed by atoms with van der Waals surface area (Å²) in [6.45, 7) is 12.3. The molecule has 0 aromatic carbocycles. The molecule has 0 radical (unpaired) electrons. The number of nitrogens with one attached hydrogen (secondary N) is 1. The number of anilines is 1. The summed E-state index contributed by atoms with van der Waals surface area (Å²) in [6, 6.07) is 1.43. The minimum absolute atomic E-state index is 0.530. The molecule has 5 heteroatoms. The van der Waals surface area contributed by atoms with E-state index in [-0.39, 0.29) is 0 Å². The van der Waals surface area contributed by atoms with E-state index in [4.69, 9.17) is 4.98 Å². The van der Waals surface area contributed by atoms with E-state index in [1.165, 1.54) is 41.6 Å². The number of nitrogens with zero attached hydrogens (tertiary/aromatic N) is 3. The summed E-state index contributed by atoms with van der Waals surface area (Å²) in [5, 5.41) is 4.77. The molecule has 2 heterocycles. The van der Waals surface area contributed by atoms with Gasteiger partial charge >= 0.3 is 0 Å². The molecule has 2 fully saturated rings. The number of hydrogen-bond donors (Lipinski definition) is 1. The van der Waals surface area contributed by atoms with Gasteiger partial charge in [0.15, 0.2) is 5.13 Å². The minimum atomic E-state index is 0.530. The zero-order chi connectivity index (χ0) is 14.8. The van der Waals surface area contributed by atoms with E-state index >= 15 is 0 Å². The Hall–Kier alpha value is -0.650. The predicted molar refractivity (Wildman–Crippen MR) is 90.3 cm³/mol. The fourth-order valence-corrected chi connectivity index (χ4v) is 4.09. The van der Waals surface area contributed by atoms with Crippen LogP contribution in [0.3, 0.4) is 0 Å². The third-order valence-corrected chi connectivity index (χ3v) is 5.58. The van der Waals surface area contributed by atoms with Crippen LogP contribution < -0.4 is 10.2 Å². The van der Waals surface area contributed by atoms with Gasteiger partial charge in [-0.05, 0) is 19.3 Å². The summed E-state index contributed by atoms with van der Waals surface area (Å²) in [6.07, 6.45) is 3.87. The summed E-state index contributed by atoms with van der Waals surface area (Å²) >= 11 is 1.89. The van der Waals surface area contributed by atoms with Crippen molar-refractivity contribution >= 4 is 16.5 Å². The van der Waals surface area contributed by atoms with Crippen LogP contribution >= 0.6 is 11.3 Å². The van der Waals surface area contributed by atoms with Crippen LogP contribution in [0.2, 0.25) is 0 Å². The Morgan fingerprint density at radius 2 is 1.95 bits per heavy atom. The van der Waals surface area contributed by atoms with Crippen LogP contribution in [0.4, 0.5) is 5.13 Å². The average Bonchev–Trinajstić information content (AvgIpc) is 3.25. The zero-order valence-electron chi connectivity index (χ0n) is 13.6. The molecule has 0 unspecified atom stereocenters. The van der Waals surface area contributed by atoms with Gasteiger partial charge in [-0.25, -0.2) is 4.98 Å². The fourth-order valence-electron chi connectivity index (χ4n) is 2.93. The minimum Gasteiger partial charge on any atom is -0.346 e. The van der Waals surface area contributed by atoms with Crippen molar-refractivity contribution in [3.05, 3.63) is 10.6 Å². The second-order valence-corrected chi connectivity index (χ2v) is 7.57. The largest absolute Gasteiger partial charge is 0.346 e. The van der Waals surface area contributed by atoms with Crippen molar-refractivity contribution in [1.82, 2.24) is 15.2 Å². The maximum absolute atomic E-state index is 4.90. The van der Waals surface area contributed by atoms with Gasteiger partial charge in [0.05, 0.1) is 5.69 Å². The van der Waals surface area contributed by atoms with E-state index in [0.717, 1.165) is 32.1 Å². The first-order valence-corrected chi connectivity index (χ1v) is 9.20. The van der Waals surface area contributed by atoms with Crippen molar-refractivity contribution in [3.8, 4) is 0 Å². The molecule has 1 saturated heterocycles. The molecule has 21 heavy (non-hydrogen) atoms. The molecule has 0 atom stereocenters. The highest BCUT2D eigenvalue weighted by molar-refractivity contribution is 7.15. The normalized spacial score (nSPS) is 20.5. The highest BCUT2D eigenvalue weighted by Crippen LogP contribution is 2.31. The van der Waals surface area contributed by atoms with Crippen molar-refractivity contribution in [2.75, 3.05) is 31.1 Å². The lowest BCUT2D eigenvalue weighted by Gasteiger charge is -2.34. The lowest BCUT2D eigenvalue weighted by atomic mass is 10.3. The third kappa shape index (κ3) is 3.76. The Balaban J connectivity index is 1.62. The number of aromatic nitrogens is 1. The smallest absolute Gasteiger partial charge is 0.185 e. The van der Waals surface area contributed by atoms with Crippen molar-refractivity contribution in [3.63, 3.8) is 0 Å². The molecule has 4 nitrogen and oxygen atoms in total. The van der Waals surface area contributed by atoms with Crippen LogP contribution in [0, 0.1) is 0 Å². The van der Waals surface area contributed by atoms with E-state index in [1.807, 2.05) is 11.3 Å². The van der Waals surface area contributed by atoms with E-state index < -0.39 is 0 Å². The van der Waals surface area contributed by atoms with Crippen LogP contribution in [-0.4, -0.2) is 48.1 Å². The van der Waals surface area contributed by atoms with Gasteiger partial charge in [-0.3, -0.25) is 4.90 Å². The first-order valence-electron chi connectivity index (χ1n) is 8.38. The monoisotopic (exact) mass is 308 g/mol. The average molecular weight is 308 g/mol. The second-order valence-electron chi connectivity index (χ2n) is 6.51. The Morgan fingerprint density at radius 1 is 1.24 bits per heavy atom. The molecular weight excluding hydrogens is 280 g/mol. The molecule has 1 aromatic heterocycles. The Morgan fingerprint density at radius 3 is 2.52 bits per heavy atom. The van der Waals surface area contributed by atoms with E-state index in [2.05, 4.69) is 35.9 Å². The molecule has 2 aliphatic rings. The molecule has 0 amide bonds. The fraction of sp³-hybridized carbons (Fsp3) is 0.812. The Labute approximate surface area is 132 Å². The quantitative estimate of drug-likeness (QED) is 0.875. The van der Waals surface area contributed by atoms with Gasteiger partial charge in [-0.1, -0.05) is 20.8 Å². The van der Waals surface area contributed by atoms with E-state index in [9.17, 15) is 0 Å². The van der Waals surface area contributed by atoms with Crippen LogP contribution in [0.25, 0.3) is 0 Å². The maximum Gasteiger partial charge on any atom is 0.185 e. The summed E-state index contributed by atoms with van der Waals surface area (Å²) in [5.74, 6) is 0. The third-order valence-electron chi connectivity index (χ3n) is 4.42. The molecule has 1 aliphatic carbocycles. The van der Waals surface area contributed by atoms with E-state index in [0.29, 0.717) is 6.04 Å². The summed E-state index contributed by atoms with van der Waals surface area (Å²) in [7, 11) is 0. The lowest BCUT2D eigenvalue weighted by Crippen LogP contribution is -2.47. The summed E-state index contributed by atoms with van der Waals surface area (Å²) in [5.41, 5.74) is 1.28. The molecule has 1 aliphatic heterocycles. The first kappa shape index (κ1) is 15.3. The summed E-state index contributed by atoms with van der Waals surface area (Å²) in [4.78, 5) is 11.5. The van der Waals surface area contributed by atoms with Crippen molar-refractivity contribution in [2.24, 2.45) is 0 Å². The van der Waals surface area contributed by atoms with Crippen LogP contribution in [-0.2, 0) is 13.0 Å². The molecule has 0 bridgehead atoms. The number of piperazine rings is 1. The van der Waals surface area contributed by atoms with Gasteiger partial charge in [0.25, 0.3) is 0 Å². The van der Waals surface area contributed by atoms with Crippen LogP contribution in [0.15, 0.2) is 0 Å². The molecule has 1 saturated carbocycles. The standard InChI is InChI=1S/C16H28N4S/c1-4-14-15(11-17-12(2)3)21-16(18-14)20-9-7-19(8-10-20)13-5-6-13/h12-13,17H,4-11H2,1-3H3. The highest BCUT2D eigenvalue weighted by atomic mass is 32.1. The Bertz CT molecular complexity index is 459. The lowest BCUT2D eigenvalue weighted by molar-refractivity contribution is 0.248. The molecule has 118 valence electrons. The predicted octanol–water partition coefficient (Wildman–Crippen LogP) is 2.49. The number of rotatable bonds is 6. The SMILES string of the molecule is CCc1nc(N2CCN(C3CC3)CC2)sc1CNC(C)C. The number of aryl methyl sites for hydroxylation is 1. The molecule has 1 aromatic rings. The molecule has 3 rings (SSSR count). The highest BCUT2D eigenvalue weighted by Gasteiger charge is 2.31.